The number of hydrogen-bond donors (Lipinski definition) is 0. The zero-order valence-corrected chi connectivity index (χ0v) is 11.1. The number of halogens is 1. The van der Waals surface area contributed by atoms with Gasteiger partial charge in [-0.3, -0.25) is 4.57 Å². The molecule has 2 rings (SSSR count). The Labute approximate surface area is 106 Å². The third kappa shape index (κ3) is 2.34. The van der Waals surface area contributed by atoms with Crippen LogP contribution in [0.25, 0.3) is 5.69 Å². The third-order valence-corrected chi connectivity index (χ3v) is 3.07. The van der Waals surface area contributed by atoms with E-state index in [0.29, 0.717) is 11.2 Å². The summed E-state index contributed by atoms with van der Waals surface area (Å²) < 4.78 is 1.88. The molecule has 1 aromatic heterocycles. The average Bonchev–Trinajstić information content (AvgIpc) is 2.70. The van der Waals surface area contributed by atoms with Gasteiger partial charge >= 0.3 is 0 Å². The van der Waals surface area contributed by atoms with E-state index in [1.807, 2.05) is 11.5 Å². The maximum absolute atomic E-state index is 6.05. The van der Waals surface area contributed by atoms with Crippen LogP contribution in [0.1, 0.15) is 38.1 Å². The van der Waals surface area contributed by atoms with E-state index >= 15 is 0 Å². The van der Waals surface area contributed by atoms with Crippen molar-refractivity contribution >= 4 is 11.6 Å². The van der Waals surface area contributed by atoms with Crippen LogP contribution in [0.4, 0.5) is 0 Å². The van der Waals surface area contributed by atoms with E-state index in [-0.39, 0.29) is 0 Å². The second kappa shape index (κ2) is 4.88. The van der Waals surface area contributed by atoms with Crippen LogP contribution in [-0.2, 0) is 6.42 Å². The fraction of sp³-hybridized carbons (Fsp3) is 0.385. The van der Waals surface area contributed by atoms with Gasteiger partial charge in [-0.2, -0.15) is 0 Å². The normalized spacial score (nSPS) is 11.1. The Hall–Kier alpha value is -1.35. The van der Waals surface area contributed by atoms with Gasteiger partial charge in [0.1, 0.15) is 5.82 Å². The molecule has 0 amide bonds. The molecule has 17 heavy (non-hydrogen) atoms. The van der Waals surface area contributed by atoms with Crippen molar-refractivity contribution in [2.45, 2.75) is 33.1 Å². The number of hydrogen-bond acceptors (Lipinski definition) is 2. The Balaban J connectivity index is 2.42. The van der Waals surface area contributed by atoms with Gasteiger partial charge in [0.2, 0.25) is 5.28 Å². The fourth-order valence-electron chi connectivity index (χ4n) is 1.79. The topological polar surface area (TPSA) is 30.7 Å². The molecule has 1 heterocycles. The minimum absolute atomic E-state index is 0.416. The van der Waals surface area contributed by atoms with Crippen molar-refractivity contribution in [2.24, 2.45) is 0 Å². The van der Waals surface area contributed by atoms with E-state index in [0.717, 1.165) is 17.9 Å². The molecular weight excluding hydrogens is 234 g/mol. The maximum Gasteiger partial charge on any atom is 0.229 e. The highest BCUT2D eigenvalue weighted by Gasteiger charge is 2.10. The Kier molecular flexibility index (Phi) is 3.48. The lowest BCUT2D eigenvalue weighted by Gasteiger charge is -2.09. The van der Waals surface area contributed by atoms with E-state index in [9.17, 15) is 0 Å². The molecule has 0 unspecified atom stereocenters. The van der Waals surface area contributed by atoms with Crippen molar-refractivity contribution in [1.29, 1.82) is 0 Å². The average molecular weight is 250 g/mol. The molecular formula is C13H16ClN3. The third-order valence-electron chi connectivity index (χ3n) is 2.82. The predicted molar refractivity (Wildman–Crippen MR) is 69.8 cm³/mol. The molecule has 2 aromatic rings. The van der Waals surface area contributed by atoms with Crippen LogP contribution in [0.2, 0.25) is 5.28 Å². The summed E-state index contributed by atoms with van der Waals surface area (Å²) in [4.78, 5) is 0. The highest BCUT2D eigenvalue weighted by Crippen LogP contribution is 2.20. The molecule has 0 atom stereocenters. The Morgan fingerprint density at radius 1 is 1.18 bits per heavy atom. The van der Waals surface area contributed by atoms with Crippen molar-refractivity contribution in [3.8, 4) is 5.69 Å². The first kappa shape index (κ1) is 12.1. The summed E-state index contributed by atoms with van der Waals surface area (Å²) in [5.74, 6) is 1.42. The van der Waals surface area contributed by atoms with Crippen LogP contribution in [0.5, 0.6) is 0 Å². The number of aryl methyl sites for hydroxylation is 1. The van der Waals surface area contributed by atoms with Gasteiger partial charge in [-0.25, -0.2) is 0 Å². The van der Waals surface area contributed by atoms with Crippen molar-refractivity contribution in [2.75, 3.05) is 0 Å². The van der Waals surface area contributed by atoms with E-state index < -0.39 is 0 Å². The Bertz CT molecular complexity index is 500. The first-order chi connectivity index (χ1) is 8.13. The summed E-state index contributed by atoms with van der Waals surface area (Å²) in [6, 6.07) is 8.36. The Morgan fingerprint density at radius 3 is 2.35 bits per heavy atom. The van der Waals surface area contributed by atoms with Crippen molar-refractivity contribution < 1.29 is 0 Å². The first-order valence-electron chi connectivity index (χ1n) is 5.83. The van der Waals surface area contributed by atoms with Crippen LogP contribution < -0.4 is 0 Å². The molecule has 4 heteroatoms. The summed E-state index contributed by atoms with van der Waals surface area (Å²) >= 11 is 6.05. The lowest BCUT2D eigenvalue weighted by Crippen LogP contribution is -2.00. The highest BCUT2D eigenvalue weighted by molar-refractivity contribution is 6.28. The van der Waals surface area contributed by atoms with Crippen molar-refractivity contribution in [3.05, 3.63) is 40.9 Å². The minimum atomic E-state index is 0.416. The van der Waals surface area contributed by atoms with E-state index in [1.54, 1.807) is 0 Å². The van der Waals surface area contributed by atoms with E-state index in [1.165, 1.54) is 5.56 Å². The summed E-state index contributed by atoms with van der Waals surface area (Å²) in [6.45, 7) is 6.40. The molecule has 0 radical (unpaired) electrons. The highest BCUT2D eigenvalue weighted by atomic mass is 35.5. The summed E-state index contributed by atoms with van der Waals surface area (Å²) in [5, 5.41) is 8.36. The van der Waals surface area contributed by atoms with E-state index in [4.69, 9.17) is 11.6 Å². The first-order valence-corrected chi connectivity index (χ1v) is 6.21. The standard InChI is InChI=1S/C13H16ClN3/c1-4-12-15-16-13(14)17(12)11-7-5-10(6-8-11)9(2)3/h5-9H,4H2,1-3H3. The van der Waals surface area contributed by atoms with Crippen molar-refractivity contribution in [3.63, 3.8) is 0 Å². The van der Waals surface area contributed by atoms with Crippen LogP contribution in [-0.4, -0.2) is 14.8 Å². The van der Waals surface area contributed by atoms with Crippen LogP contribution in [0.15, 0.2) is 24.3 Å². The molecule has 0 aliphatic carbocycles. The molecule has 0 spiro atoms. The molecule has 0 fully saturated rings. The minimum Gasteiger partial charge on any atom is -0.270 e. The lowest BCUT2D eigenvalue weighted by atomic mass is 10.0. The van der Waals surface area contributed by atoms with Gasteiger partial charge in [-0.1, -0.05) is 32.9 Å². The smallest absolute Gasteiger partial charge is 0.229 e. The summed E-state index contributed by atoms with van der Waals surface area (Å²) in [7, 11) is 0. The van der Waals surface area contributed by atoms with E-state index in [2.05, 4.69) is 48.3 Å². The monoisotopic (exact) mass is 249 g/mol. The maximum atomic E-state index is 6.05. The predicted octanol–water partition coefficient (Wildman–Crippen LogP) is 3.61. The summed E-state index contributed by atoms with van der Waals surface area (Å²) in [6.07, 6.45) is 0.811. The van der Waals surface area contributed by atoms with Gasteiger partial charge in [0.25, 0.3) is 0 Å². The number of rotatable bonds is 3. The number of benzene rings is 1. The van der Waals surface area contributed by atoms with Gasteiger partial charge in [-0.05, 0) is 35.2 Å². The zero-order valence-electron chi connectivity index (χ0n) is 10.3. The Morgan fingerprint density at radius 2 is 1.82 bits per heavy atom. The quantitative estimate of drug-likeness (QED) is 0.832. The molecule has 1 aromatic carbocycles. The molecule has 3 nitrogen and oxygen atoms in total. The van der Waals surface area contributed by atoms with Gasteiger partial charge in [-0.15, -0.1) is 10.2 Å². The molecule has 90 valence electrons. The second-order valence-corrected chi connectivity index (χ2v) is 4.66. The molecule has 0 N–H and O–H groups in total. The molecule has 0 saturated carbocycles. The lowest BCUT2D eigenvalue weighted by molar-refractivity contribution is 0.858. The SMILES string of the molecule is CCc1nnc(Cl)n1-c1ccc(C(C)C)cc1. The van der Waals surface area contributed by atoms with Crippen molar-refractivity contribution in [1.82, 2.24) is 14.8 Å². The molecule has 0 saturated heterocycles. The van der Waals surface area contributed by atoms with Gasteiger partial charge in [0, 0.05) is 12.1 Å². The largest absolute Gasteiger partial charge is 0.270 e. The molecule has 0 aliphatic rings. The molecule has 0 bridgehead atoms. The van der Waals surface area contributed by atoms with Gasteiger partial charge in [0.15, 0.2) is 0 Å². The van der Waals surface area contributed by atoms with Crippen LogP contribution in [0, 0.1) is 0 Å². The number of aromatic nitrogens is 3. The van der Waals surface area contributed by atoms with Gasteiger partial charge < -0.3 is 0 Å². The zero-order chi connectivity index (χ0) is 12.4. The van der Waals surface area contributed by atoms with Gasteiger partial charge in [0.05, 0.1) is 0 Å². The molecule has 0 aliphatic heterocycles. The van der Waals surface area contributed by atoms with Crippen LogP contribution in [0.3, 0.4) is 0 Å². The van der Waals surface area contributed by atoms with Crippen LogP contribution >= 0.6 is 11.6 Å². The second-order valence-electron chi connectivity index (χ2n) is 4.32. The summed E-state index contributed by atoms with van der Waals surface area (Å²) in [5.41, 5.74) is 2.33. The fourth-order valence-corrected chi connectivity index (χ4v) is 2.02. The number of nitrogens with zero attached hydrogens (tertiary/aromatic N) is 3.